The van der Waals surface area contributed by atoms with Crippen LogP contribution in [0.4, 0.5) is 0 Å². The van der Waals surface area contributed by atoms with Gasteiger partial charge in [0.1, 0.15) is 0 Å². The zero-order valence-electron chi connectivity index (χ0n) is 14.9. The summed E-state index contributed by atoms with van der Waals surface area (Å²) in [6, 6.07) is 15.4. The minimum absolute atomic E-state index is 0.140. The molecule has 0 spiro atoms. The average Bonchev–Trinajstić information content (AvgIpc) is 3.22. The van der Waals surface area contributed by atoms with E-state index in [1.165, 1.54) is 12.7 Å². The van der Waals surface area contributed by atoms with Gasteiger partial charge in [-0.2, -0.15) is 11.8 Å². The quantitative estimate of drug-likeness (QED) is 0.718. The number of amides is 1. The molecule has 0 bridgehead atoms. The summed E-state index contributed by atoms with van der Waals surface area (Å²) >= 11 is 1.78. The van der Waals surface area contributed by atoms with Gasteiger partial charge in [0.05, 0.1) is 12.7 Å². The Balaban J connectivity index is 1.52. The largest absolute Gasteiger partial charge is 0.465 e. The number of rotatable bonds is 6. The van der Waals surface area contributed by atoms with Crippen LogP contribution in [0, 0.1) is 0 Å². The molecule has 1 fully saturated rings. The SMILES string of the molecule is COC(=O)c1cccc(CSCc2ccc(C(=O)N3CCCC3)cc2)c1. The maximum absolute atomic E-state index is 12.4. The minimum Gasteiger partial charge on any atom is -0.465 e. The second-order valence-corrected chi connectivity index (χ2v) is 7.37. The van der Waals surface area contributed by atoms with E-state index in [4.69, 9.17) is 4.74 Å². The third kappa shape index (κ3) is 4.67. The van der Waals surface area contributed by atoms with Crippen LogP contribution in [0.3, 0.4) is 0 Å². The molecule has 0 aliphatic carbocycles. The highest BCUT2D eigenvalue weighted by molar-refractivity contribution is 7.97. The summed E-state index contributed by atoms with van der Waals surface area (Å²) < 4.78 is 4.76. The lowest BCUT2D eigenvalue weighted by Crippen LogP contribution is -2.27. The Morgan fingerprint density at radius 3 is 2.35 bits per heavy atom. The van der Waals surface area contributed by atoms with Gasteiger partial charge in [0.2, 0.25) is 0 Å². The summed E-state index contributed by atoms with van der Waals surface area (Å²) in [7, 11) is 1.39. The van der Waals surface area contributed by atoms with Crippen molar-refractivity contribution in [2.24, 2.45) is 0 Å². The first kappa shape index (κ1) is 18.5. The first-order chi connectivity index (χ1) is 12.7. The number of methoxy groups -OCH3 is 1. The number of hydrogen-bond acceptors (Lipinski definition) is 4. The molecule has 2 aromatic rings. The fourth-order valence-electron chi connectivity index (χ4n) is 3.04. The Bertz CT molecular complexity index is 767. The summed E-state index contributed by atoms with van der Waals surface area (Å²) in [6.07, 6.45) is 2.22. The molecule has 0 atom stereocenters. The van der Waals surface area contributed by atoms with Crippen LogP contribution in [0.2, 0.25) is 0 Å². The van der Waals surface area contributed by atoms with Gasteiger partial charge >= 0.3 is 5.97 Å². The maximum Gasteiger partial charge on any atom is 0.337 e. The molecule has 5 heteroatoms. The van der Waals surface area contributed by atoms with Crippen molar-refractivity contribution >= 4 is 23.6 Å². The van der Waals surface area contributed by atoms with E-state index >= 15 is 0 Å². The van der Waals surface area contributed by atoms with Gasteiger partial charge in [-0.15, -0.1) is 0 Å². The number of ether oxygens (including phenoxy) is 1. The lowest BCUT2D eigenvalue weighted by Gasteiger charge is -2.15. The molecule has 4 nitrogen and oxygen atoms in total. The zero-order chi connectivity index (χ0) is 18.4. The van der Waals surface area contributed by atoms with Crippen molar-refractivity contribution < 1.29 is 14.3 Å². The average molecular weight is 369 g/mol. The molecule has 3 rings (SSSR count). The molecule has 136 valence electrons. The van der Waals surface area contributed by atoms with Crippen molar-refractivity contribution in [2.45, 2.75) is 24.3 Å². The van der Waals surface area contributed by atoms with E-state index in [9.17, 15) is 9.59 Å². The molecule has 1 saturated heterocycles. The van der Waals surface area contributed by atoms with Crippen molar-refractivity contribution in [3.8, 4) is 0 Å². The molecular formula is C21H23NO3S. The smallest absolute Gasteiger partial charge is 0.337 e. The highest BCUT2D eigenvalue weighted by atomic mass is 32.2. The number of esters is 1. The van der Waals surface area contributed by atoms with Crippen LogP contribution in [-0.4, -0.2) is 37.0 Å². The van der Waals surface area contributed by atoms with Gasteiger partial charge in [0, 0.05) is 30.2 Å². The summed E-state index contributed by atoms with van der Waals surface area (Å²) in [5.41, 5.74) is 3.64. The van der Waals surface area contributed by atoms with Gasteiger partial charge in [-0.25, -0.2) is 4.79 Å². The Morgan fingerprint density at radius 1 is 0.962 bits per heavy atom. The lowest BCUT2D eigenvalue weighted by atomic mass is 10.1. The molecule has 1 heterocycles. The van der Waals surface area contributed by atoms with Crippen molar-refractivity contribution in [1.29, 1.82) is 0 Å². The monoisotopic (exact) mass is 369 g/mol. The van der Waals surface area contributed by atoms with Crippen LogP contribution >= 0.6 is 11.8 Å². The zero-order valence-corrected chi connectivity index (χ0v) is 15.8. The predicted octanol–water partition coefficient (Wildman–Crippen LogP) is 4.14. The summed E-state index contributed by atoms with van der Waals surface area (Å²) in [5, 5.41) is 0. The van der Waals surface area contributed by atoms with E-state index < -0.39 is 0 Å². The van der Waals surface area contributed by atoms with Crippen LogP contribution < -0.4 is 0 Å². The number of hydrogen-bond donors (Lipinski definition) is 0. The number of carbonyl (C=O) groups excluding carboxylic acids is 2. The third-order valence-electron chi connectivity index (χ3n) is 4.48. The molecule has 1 aliphatic rings. The molecule has 0 aromatic heterocycles. The molecule has 0 N–H and O–H groups in total. The van der Waals surface area contributed by atoms with Crippen molar-refractivity contribution in [3.05, 3.63) is 70.8 Å². The van der Waals surface area contributed by atoms with Gasteiger partial charge in [-0.1, -0.05) is 24.3 Å². The predicted molar refractivity (Wildman–Crippen MR) is 104 cm³/mol. The molecular weight excluding hydrogens is 346 g/mol. The number of thioether (sulfide) groups is 1. The van der Waals surface area contributed by atoms with E-state index in [2.05, 4.69) is 0 Å². The van der Waals surface area contributed by atoms with Crippen LogP contribution in [-0.2, 0) is 16.2 Å². The number of benzene rings is 2. The molecule has 0 saturated carbocycles. The fraction of sp³-hybridized carbons (Fsp3) is 0.333. The Kier molecular flexibility index (Phi) is 6.34. The van der Waals surface area contributed by atoms with Gasteiger partial charge in [0.15, 0.2) is 0 Å². The van der Waals surface area contributed by atoms with Crippen LogP contribution in [0.1, 0.15) is 44.7 Å². The Morgan fingerprint density at radius 2 is 1.65 bits per heavy atom. The highest BCUT2D eigenvalue weighted by Gasteiger charge is 2.19. The van der Waals surface area contributed by atoms with Crippen LogP contribution in [0.5, 0.6) is 0 Å². The normalized spacial score (nSPS) is 13.7. The fourth-order valence-corrected chi connectivity index (χ4v) is 3.98. The standard InChI is InChI=1S/C21H23NO3S/c1-25-21(24)19-6-4-5-17(13-19)15-26-14-16-7-9-18(10-8-16)20(23)22-11-2-3-12-22/h4-10,13H,2-3,11-12,14-15H2,1H3. The van der Waals surface area contributed by atoms with E-state index in [1.54, 1.807) is 17.8 Å². The second kappa shape index (κ2) is 8.90. The number of carbonyl (C=O) groups is 2. The van der Waals surface area contributed by atoms with E-state index in [1.807, 2.05) is 47.4 Å². The Hall–Kier alpha value is -2.27. The summed E-state index contributed by atoms with van der Waals surface area (Å²) in [6.45, 7) is 1.75. The summed E-state index contributed by atoms with van der Waals surface area (Å²) in [4.78, 5) is 25.9. The molecule has 0 radical (unpaired) electrons. The van der Waals surface area contributed by atoms with Crippen molar-refractivity contribution in [1.82, 2.24) is 4.90 Å². The van der Waals surface area contributed by atoms with E-state index in [0.29, 0.717) is 5.56 Å². The molecule has 0 unspecified atom stereocenters. The van der Waals surface area contributed by atoms with Crippen molar-refractivity contribution in [2.75, 3.05) is 20.2 Å². The number of likely N-dealkylation sites (tertiary alicyclic amines) is 1. The van der Waals surface area contributed by atoms with Gasteiger partial charge in [0.25, 0.3) is 5.91 Å². The number of nitrogens with zero attached hydrogens (tertiary/aromatic N) is 1. The third-order valence-corrected chi connectivity index (χ3v) is 5.55. The first-order valence-electron chi connectivity index (χ1n) is 8.80. The van der Waals surface area contributed by atoms with Crippen LogP contribution in [0.15, 0.2) is 48.5 Å². The topological polar surface area (TPSA) is 46.6 Å². The summed E-state index contributed by atoms with van der Waals surface area (Å²) in [5.74, 6) is 1.51. The Labute approximate surface area is 158 Å². The van der Waals surface area contributed by atoms with E-state index in [-0.39, 0.29) is 11.9 Å². The van der Waals surface area contributed by atoms with Crippen LogP contribution in [0.25, 0.3) is 0 Å². The van der Waals surface area contributed by atoms with Gasteiger partial charge in [-0.05, 0) is 48.2 Å². The second-order valence-electron chi connectivity index (χ2n) is 6.38. The molecule has 26 heavy (non-hydrogen) atoms. The molecule has 1 aliphatic heterocycles. The maximum atomic E-state index is 12.4. The first-order valence-corrected chi connectivity index (χ1v) is 9.96. The van der Waals surface area contributed by atoms with Gasteiger partial charge < -0.3 is 9.64 Å². The minimum atomic E-state index is -0.310. The van der Waals surface area contributed by atoms with E-state index in [0.717, 1.165) is 48.6 Å². The highest BCUT2D eigenvalue weighted by Crippen LogP contribution is 2.20. The lowest BCUT2D eigenvalue weighted by molar-refractivity contribution is 0.0600. The van der Waals surface area contributed by atoms with Crippen molar-refractivity contribution in [3.63, 3.8) is 0 Å². The van der Waals surface area contributed by atoms with Gasteiger partial charge in [-0.3, -0.25) is 4.79 Å². The molecule has 2 aromatic carbocycles. The molecule has 1 amide bonds.